The van der Waals surface area contributed by atoms with E-state index in [-0.39, 0.29) is 16.7 Å². The molecule has 0 spiro atoms. The van der Waals surface area contributed by atoms with Crippen molar-refractivity contribution in [1.29, 1.82) is 0 Å². The number of thioether (sulfide) groups is 1. The molecule has 4 aliphatic rings. The Balaban J connectivity index is 1.64. The van der Waals surface area contributed by atoms with Crippen molar-refractivity contribution in [2.75, 3.05) is 0 Å². The molecule has 2 nitrogen and oxygen atoms in total. The average Bonchev–Trinajstić information content (AvgIpc) is 2.23. The van der Waals surface area contributed by atoms with Crippen LogP contribution < -0.4 is 5.32 Å². The predicted molar refractivity (Wildman–Crippen MR) is 85.9 cm³/mol. The molecular weight excluding hydrogens is 266 g/mol. The zero-order valence-electron chi connectivity index (χ0n) is 13.4. The molecule has 4 saturated carbocycles. The Morgan fingerprint density at radius 3 is 1.95 bits per heavy atom. The van der Waals surface area contributed by atoms with E-state index in [4.69, 9.17) is 0 Å². The Labute approximate surface area is 127 Å². The van der Waals surface area contributed by atoms with Crippen molar-refractivity contribution in [2.24, 2.45) is 17.8 Å². The molecule has 0 radical (unpaired) electrons. The fourth-order valence-electron chi connectivity index (χ4n) is 5.08. The van der Waals surface area contributed by atoms with Gasteiger partial charge in [0.05, 0.1) is 5.25 Å². The highest BCUT2D eigenvalue weighted by molar-refractivity contribution is 8.01. The van der Waals surface area contributed by atoms with Crippen LogP contribution in [0.15, 0.2) is 0 Å². The van der Waals surface area contributed by atoms with Crippen LogP contribution in [-0.2, 0) is 4.79 Å². The minimum Gasteiger partial charge on any atom is -0.351 e. The van der Waals surface area contributed by atoms with E-state index in [1.165, 1.54) is 38.5 Å². The van der Waals surface area contributed by atoms with Gasteiger partial charge in [-0.25, -0.2) is 0 Å². The second kappa shape index (κ2) is 4.93. The van der Waals surface area contributed by atoms with E-state index in [2.05, 4.69) is 33.0 Å². The van der Waals surface area contributed by atoms with Crippen molar-refractivity contribution in [3.8, 4) is 0 Å². The first-order chi connectivity index (χ1) is 9.25. The van der Waals surface area contributed by atoms with Crippen LogP contribution in [0.3, 0.4) is 0 Å². The number of nitrogens with one attached hydrogen (secondary N) is 1. The van der Waals surface area contributed by atoms with Crippen LogP contribution in [0.25, 0.3) is 0 Å². The summed E-state index contributed by atoms with van der Waals surface area (Å²) in [7, 11) is 0. The molecule has 4 bridgehead atoms. The Kier molecular flexibility index (Phi) is 3.63. The second-order valence-corrected chi connectivity index (χ2v) is 10.4. The third kappa shape index (κ3) is 3.03. The SMILES string of the molecule is C[C@H](SC12CC3CC(CC(C3)C1)C2)C(=O)NC(C)(C)C. The second-order valence-electron chi connectivity index (χ2n) is 8.60. The summed E-state index contributed by atoms with van der Waals surface area (Å²) < 4.78 is 0.434. The first-order valence-electron chi connectivity index (χ1n) is 8.24. The quantitative estimate of drug-likeness (QED) is 0.853. The smallest absolute Gasteiger partial charge is 0.233 e. The Morgan fingerprint density at radius 1 is 1.10 bits per heavy atom. The molecule has 1 amide bonds. The van der Waals surface area contributed by atoms with Crippen molar-refractivity contribution in [3.05, 3.63) is 0 Å². The summed E-state index contributed by atoms with van der Waals surface area (Å²) in [6.45, 7) is 8.29. The van der Waals surface area contributed by atoms with Crippen LogP contribution in [0.2, 0.25) is 0 Å². The first-order valence-corrected chi connectivity index (χ1v) is 9.12. The van der Waals surface area contributed by atoms with Crippen molar-refractivity contribution in [1.82, 2.24) is 5.32 Å². The molecule has 0 saturated heterocycles. The zero-order chi connectivity index (χ0) is 14.5. The topological polar surface area (TPSA) is 29.1 Å². The van der Waals surface area contributed by atoms with Gasteiger partial charge in [-0.15, -0.1) is 11.8 Å². The van der Waals surface area contributed by atoms with Gasteiger partial charge in [-0.1, -0.05) is 0 Å². The summed E-state index contributed by atoms with van der Waals surface area (Å²) >= 11 is 1.99. The van der Waals surface area contributed by atoms with Gasteiger partial charge in [0.1, 0.15) is 0 Å². The third-order valence-electron chi connectivity index (χ3n) is 5.28. The van der Waals surface area contributed by atoms with Crippen molar-refractivity contribution in [3.63, 3.8) is 0 Å². The highest BCUT2D eigenvalue weighted by Gasteiger charge is 2.52. The van der Waals surface area contributed by atoms with Crippen LogP contribution >= 0.6 is 11.8 Å². The lowest BCUT2D eigenvalue weighted by atomic mass is 9.56. The molecule has 0 aromatic carbocycles. The largest absolute Gasteiger partial charge is 0.351 e. The van der Waals surface area contributed by atoms with E-state index >= 15 is 0 Å². The van der Waals surface area contributed by atoms with Crippen LogP contribution in [0.4, 0.5) is 0 Å². The van der Waals surface area contributed by atoms with Gasteiger partial charge in [0, 0.05) is 10.3 Å². The van der Waals surface area contributed by atoms with E-state index in [1.54, 1.807) is 0 Å². The van der Waals surface area contributed by atoms with Gasteiger partial charge in [0.2, 0.25) is 5.91 Å². The summed E-state index contributed by atoms with van der Waals surface area (Å²) in [5.74, 6) is 3.11. The minimum absolute atomic E-state index is 0.0884. The Morgan fingerprint density at radius 2 is 1.55 bits per heavy atom. The van der Waals surface area contributed by atoms with E-state index in [9.17, 15) is 4.79 Å². The number of hydrogen-bond donors (Lipinski definition) is 1. The lowest BCUT2D eigenvalue weighted by Crippen LogP contribution is -2.51. The molecule has 114 valence electrons. The third-order valence-corrected chi connectivity index (χ3v) is 6.84. The molecule has 0 aromatic rings. The van der Waals surface area contributed by atoms with E-state index < -0.39 is 0 Å². The molecule has 0 unspecified atom stereocenters. The maximum absolute atomic E-state index is 12.4. The fourth-order valence-corrected chi connectivity index (χ4v) is 6.99. The van der Waals surface area contributed by atoms with Gasteiger partial charge in [-0.05, 0) is 84.0 Å². The number of rotatable bonds is 3. The summed E-state index contributed by atoms with van der Waals surface area (Å²) in [4.78, 5) is 12.4. The Bertz CT molecular complexity index is 363. The molecule has 20 heavy (non-hydrogen) atoms. The summed E-state index contributed by atoms with van der Waals surface area (Å²) in [5.41, 5.74) is -0.118. The number of amides is 1. The van der Waals surface area contributed by atoms with E-state index in [0.29, 0.717) is 4.75 Å². The highest BCUT2D eigenvalue weighted by atomic mass is 32.2. The van der Waals surface area contributed by atoms with Crippen molar-refractivity contribution < 1.29 is 4.79 Å². The van der Waals surface area contributed by atoms with E-state index in [0.717, 1.165) is 17.8 Å². The summed E-state index contributed by atoms with van der Waals surface area (Å²) in [5, 5.41) is 3.23. The molecule has 4 aliphatic carbocycles. The molecule has 0 heterocycles. The first kappa shape index (κ1) is 14.7. The monoisotopic (exact) mass is 295 g/mol. The minimum atomic E-state index is -0.118. The van der Waals surface area contributed by atoms with Crippen LogP contribution in [-0.4, -0.2) is 21.4 Å². The molecule has 4 rings (SSSR count). The predicted octanol–water partition coefficient (Wildman–Crippen LogP) is 3.99. The summed E-state index contributed by atoms with van der Waals surface area (Å²) in [6.07, 6.45) is 8.54. The molecule has 0 aromatic heterocycles. The number of carbonyl (C=O) groups excluding carboxylic acids is 1. The fraction of sp³-hybridized carbons (Fsp3) is 0.941. The van der Waals surface area contributed by atoms with Gasteiger partial charge in [-0.2, -0.15) is 0 Å². The lowest BCUT2D eigenvalue weighted by Gasteiger charge is -2.57. The van der Waals surface area contributed by atoms with Gasteiger partial charge >= 0.3 is 0 Å². The molecule has 0 aliphatic heterocycles. The standard InChI is InChI=1S/C17H29NOS/c1-11(15(19)18-16(2,3)4)20-17-8-12-5-13(9-17)7-14(6-12)10-17/h11-14H,5-10H2,1-4H3,(H,18,19)/t11-,12?,13?,14?,17?/m0/s1. The average molecular weight is 295 g/mol. The molecular formula is C17H29NOS. The van der Waals surface area contributed by atoms with E-state index in [1.807, 2.05) is 11.8 Å². The van der Waals surface area contributed by atoms with Crippen molar-refractivity contribution >= 4 is 17.7 Å². The lowest BCUT2D eigenvalue weighted by molar-refractivity contribution is -0.121. The van der Waals surface area contributed by atoms with Gasteiger partial charge in [0.15, 0.2) is 0 Å². The van der Waals surface area contributed by atoms with Gasteiger partial charge in [-0.3, -0.25) is 4.79 Å². The molecule has 1 N–H and O–H groups in total. The Hall–Kier alpha value is -0.180. The molecule has 3 heteroatoms. The number of hydrogen-bond acceptors (Lipinski definition) is 2. The maximum Gasteiger partial charge on any atom is 0.233 e. The highest BCUT2D eigenvalue weighted by Crippen LogP contribution is 2.61. The molecule has 1 atom stereocenters. The zero-order valence-corrected chi connectivity index (χ0v) is 14.2. The van der Waals surface area contributed by atoms with Gasteiger partial charge in [0.25, 0.3) is 0 Å². The van der Waals surface area contributed by atoms with Crippen LogP contribution in [0.5, 0.6) is 0 Å². The summed E-state index contributed by atoms with van der Waals surface area (Å²) in [6, 6.07) is 0. The van der Waals surface area contributed by atoms with Crippen molar-refractivity contribution in [2.45, 2.75) is 81.8 Å². The maximum atomic E-state index is 12.4. The normalized spacial score (nSPS) is 40.7. The molecule has 4 fully saturated rings. The number of carbonyl (C=O) groups is 1. The van der Waals surface area contributed by atoms with Crippen LogP contribution in [0, 0.1) is 17.8 Å². The van der Waals surface area contributed by atoms with Crippen LogP contribution in [0.1, 0.15) is 66.2 Å². The van der Waals surface area contributed by atoms with Gasteiger partial charge < -0.3 is 5.32 Å².